The molecule has 9 rings (SSSR count). The standard InChI is InChI=1S/C76H99F2N3O4S6/c1-7-11-15-19-22-24-26-28-31-35-47-84-75(82)62-45-43-58(89-62)65-55-49-53(6)87-73(55)66(59-44-46-63(90-59)76(83)85-48-36-32-29-27-25-23-20-16-12-8-2)56-50-64(91-74(56)65)57-41-42-61(88-57)68-70(78)69(77)67(60-40-39-52(5)86-60)71-72(68)80-81(79-71)51-54(37-33-18-14-10-4)38-34-30-21-17-13-9-3/h39-46,49-50,54H,7-38,47-48,51H2,1-6H3. The van der Waals surface area contributed by atoms with E-state index in [4.69, 9.17) is 19.7 Å². The molecule has 0 aliphatic carbocycles. The lowest BCUT2D eigenvalue weighted by Gasteiger charge is -2.16. The number of fused-ring (bicyclic) bond motifs is 3. The highest BCUT2D eigenvalue weighted by atomic mass is 32.1. The van der Waals surface area contributed by atoms with Crippen molar-refractivity contribution in [3.05, 3.63) is 91.8 Å². The quantitative estimate of drug-likeness (QED) is 0.0280. The van der Waals surface area contributed by atoms with Crippen LogP contribution in [0.15, 0.2) is 60.7 Å². The molecule has 7 nitrogen and oxygen atoms in total. The van der Waals surface area contributed by atoms with Crippen molar-refractivity contribution in [3.63, 3.8) is 0 Å². The number of hydrogen-bond acceptors (Lipinski definition) is 12. The second kappa shape index (κ2) is 36.9. The number of nitrogens with zero attached hydrogens (tertiary/aromatic N) is 3. The Morgan fingerprint density at radius 3 is 1.26 bits per heavy atom. The SMILES string of the molecule is CCCCCCCCCCCCOC(=O)c1ccc(-c2c3cc(-c4ccc(-c5c(F)c(F)c(-c6ccc(C)s6)c6nn(CC(CCCCCC)CCCCCCCC)nc56)s4)sc3c(-c3ccc(C(=O)OCCCCCCCCCCCC)s3)c3cc(C)sc23)s1. The molecule has 91 heavy (non-hydrogen) atoms. The van der Waals surface area contributed by atoms with Gasteiger partial charge in [-0.3, -0.25) is 0 Å². The summed E-state index contributed by atoms with van der Waals surface area (Å²) in [4.78, 5) is 37.6. The van der Waals surface area contributed by atoms with E-state index in [9.17, 15) is 9.59 Å². The third-order valence-electron chi connectivity index (χ3n) is 17.8. The maximum absolute atomic E-state index is 17.4. The van der Waals surface area contributed by atoms with Crippen LogP contribution < -0.4 is 0 Å². The molecule has 0 aliphatic rings. The van der Waals surface area contributed by atoms with Gasteiger partial charge in [0.1, 0.15) is 20.8 Å². The summed E-state index contributed by atoms with van der Waals surface area (Å²) in [6.45, 7) is 14.5. The number of unbranched alkanes of at least 4 members (excludes halogenated alkanes) is 26. The van der Waals surface area contributed by atoms with Gasteiger partial charge in [0.15, 0.2) is 11.6 Å². The van der Waals surface area contributed by atoms with E-state index < -0.39 is 11.6 Å². The fourth-order valence-electron chi connectivity index (χ4n) is 12.8. The van der Waals surface area contributed by atoms with Crippen molar-refractivity contribution in [2.24, 2.45) is 5.92 Å². The summed E-state index contributed by atoms with van der Waals surface area (Å²) >= 11 is 9.19. The van der Waals surface area contributed by atoms with Gasteiger partial charge in [0.25, 0.3) is 0 Å². The normalized spacial score (nSPS) is 12.2. The Hall–Kier alpha value is -4.64. The van der Waals surface area contributed by atoms with Crippen LogP contribution in [-0.2, 0) is 16.0 Å². The van der Waals surface area contributed by atoms with Gasteiger partial charge in [0.2, 0.25) is 0 Å². The number of aromatic nitrogens is 3. The predicted octanol–water partition coefficient (Wildman–Crippen LogP) is 26.8. The molecule has 0 saturated carbocycles. The van der Waals surface area contributed by atoms with Gasteiger partial charge >= 0.3 is 11.9 Å². The molecule has 1 atom stereocenters. The minimum Gasteiger partial charge on any atom is -0.462 e. The second-order valence-electron chi connectivity index (χ2n) is 25.3. The molecule has 0 N–H and O–H groups in total. The monoisotopic (exact) mass is 1350 g/mol. The lowest BCUT2D eigenvalue weighted by atomic mass is 9.94. The average Bonchev–Trinajstić information content (AvgIpc) is 1.65. The van der Waals surface area contributed by atoms with E-state index in [-0.39, 0.29) is 23.1 Å². The number of carbonyl (C=O) groups excluding carboxylic acids is 2. The predicted molar refractivity (Wildman–Crippen MR) is 391 cm³/mol. The molecule has 0 amide bonds. The van der Waals surface area contributed by atoms with Gasteiger partial charge in [-0.1, -0.05) is 207 Å². The second-order valence-corrected chi connectivity index (χ2v) is 32.2. The number of thiophene rings is 6. The number of halogens is 2. The highest BCUT2D eigenvalue weighted by Gasteiger charge is 2.30. The highest BCUT2D eigenvalue weighted by Crippen LogP contribution is 2.54. The summed E-state index contributed by atoms with van der Waals surface area (Å²) in [6.07, 6.45) is 38.5. The van der Waals surface area contributed by atoms with Gasteiger partial charge < -0.3 is 9.47 Å². The third kappa shape index (κ3) is 19.3. The van der Waals surface area contributed by atoms with Crippen LogP contribution in [0.4, 0.5) is 8.78 Å². The minimum absolute atomic E-state index is 0.137. The van der Waals surface area contributed by atoms with Crippen LogP contribution in [0.1, 0.15) is 262 Å². The number of carbonyl (C=O) groups is 2. The summed E-state index contributed by atoms with van der Waals surface area (Å²) in [5.41, 5.74) is 3.16. The van der Waals surface area contributed by atoms with Crippen molar-refractivity contribution in [1.29, 1.82) is 0 Å². The maximum atomic E-state index is 17.4. The molecule has 492 valence electrons. The maximum Gasteiger partial charge on any atom is 0.348 e. The molecule has 7 heterocycles. The van der Waals surface area contributed by atoms with Crippen LogP contribution in [0, 0.1) is 31.4 Å². The van der Waals surface area contributed by atoms with Crippen molar-refractivity contribution in [2.75, 3.05) is 13.2 Å². The Morgan fingerprint density at radius 2 is 0.791 bits per heavy atom. The molecule has 1 unspecified atom stereocenters. The van der Waals surface area contributed by atoms with E-state index in [1.807, 2.05) is 43.3 Å². The Bertz CT molecular complexity index is 3570. The van der Waals surface area contributed by atoms with Crippen LogP contribution in [0.5, 0.6) is 0 Å². The Labute approximate surface area is 565 Å². The zero-order valence-corrected chi connectivity index (χ0v) is 60.2. The van der Waals surface area contributed by atoms with Gasteiger partial charge in [0.05, 0.1) is 30.9 Å². The first-order valence-corrected chi connectivity index (χ1v) is 39.9. The molecular weight excluding hydrogens is 1250 g/mol. The van der Waals surface area contributed by atoms with Crippen LogP contribution in [0.3, 0.4) is 0 Å². The summed E-state index contributed by atoms with van der Waals surface area (Å²) in [6, 6.07) is 20.1. The topological polar surface area (TPSA) is 83.3 Å². The van der Waals surface area contributed by atoms with E-state index in [0.717, 1.165) is 125 Å². The minimum atomic E-state index is -0.917. The summed E-state index contributed by atoms with van der Waals surface area (Å²) in [7, 11) is 0. The molecule has 0 bridgehead atoms. The first-order chi connectivity index (χ1) is 44.5. The fourth-order valence-corrected chi connectivity index (χ4v) is 19.2. The number of esters is 2. The average molecular weight is 1350 g/mol. The number of aryl methyl sites for hydroxylation is 2. The van der Waals surface area contributed by atoms with Crippen LogP contribution in [0.25, 0.3) is 82.7 Å². The van der Waals surface area contributed by atoms with Crippen LogP contribution in [0.2, 0.25) is 0 Å². The Kier molecular flexibility index (Phi) is 28.6. The first kappa shape index (κ1) is 70.7. The van der Waals surface area contributed by atoms with E-state index in [1.165, 1.54) is 187 Å². The molecule has 0 saturated heterocycles. The first-order valence-electron chi connectivity index (χ1n) is 35.0. The zero-order valence-electron chi connectivity index (χ0n) is 55.3. The van der Waals surface area contributed by atoms with E-state index in [1.54, 1.807) is 27.5 Å². The zero-order chi connectivity index (χ0) is 63.9. The molecule has 0 fully saturated rings. The van der Waals surface area contributed by atoms with Crippen molar-refractivity contribution >= 4 is 111 Å². The largest absolute Gasteiger partial charge is 0.462 e. The molecule has 7 aromatic heterocycles. The third-order valence-corrected chi connectivity index (χ3v) is 24.5. The van der Waals surface area contributed by atoms with Crippen molar-refractivity contribution in [1.82, 2.24) is 15.0 Å². The molecule has 0 aliphatic heterocycles. The van der Waals surface area contributed by atoms with E-state index >= 15 is 8.78 Å². The summed E-state index contributed by atoms with van der Waals surface area (Å²) < 4.78 is 48.5. The number of hydrogen-bond donors (Lipinski definition) is 0. The highest BCUT2D eigenvalue weighted by molar-refractivity contribution is 7.28. The molecule has 0 radical (unpaired) electrons. The van der Waals surface area contributed by atoms with Gasteiger partial charge in [0, 0.05) is 70.3 Å². The lowest BCUT2D eigenvalue weighted by molar-refractivity contribution is 0.0494. The van der Waals surface area contributed by atoms with Gasteiger partial charge in [-0.2, -0.15) is 15.0 Å². The molecule has 9 aromatic rings. The molecule has 2 aromatic carbocycles. The Morgan fingerprint density at radius 1 is 0.407 bits per heavy atom. The van der Waals surface area contributed by atoms with Gasteiger partial charge in [-0.25, -0.2) is 18.4 Å². The van der Waals surface area contributed by atoms with Gasteiger partial charge in [-0.05, 0) is 106 Å². The number of benzene rings is 2. The summed E-state index contributed by atoms with van der Waals surface area (Å²) in [5.74, 6) is -2.06. The Balaban J connectivity index is 1.03. The number of ether oxygens (including phenoxy) is 2. The molecule has 0 spiro atoms. The fraction of sp³-hybridized carbons (Fsp3) is 0.553. The van der Waals surface area contributed by atoms with Crippen molar-refractivity contribution in [3.8, 4) is 51.5 Å². The summed E-state index contributed by atoms with van der Waals surface area (Å²) in [5, 5.41) is 12.3. The lowest BCUT2D eigenvalue weighted by Crippen LogP contribution is -2.14. The smallest absolute Gasteiger partial charge is 0.348 e. The molecular formula is C76H99F2N3O4S6. The van der Waals surface area contributed by atoms with Gasteiger partial charge in [-0.15, -0.1) is 68.0 Å². The number of rotatable bonds is 43. The van der Waals surface area contributed by atoms with Crippen LogP contribution >= 0.6 is 68.0 Å². The van der Waals surface area contributed by atoms with Crippen molar-refractivity contribution < 1.29 is 27.8 Å². The molecule has 15 heteroatoms. The van der Waals surface area contributed by atoms with E-state index in [0.29, 0.717) is 56.2 Å². The van der Waals surface area contributed by atoms with Crippen LogP contribution in [-0.4, -0.2) is 40.1 Å². The van der Waals surface area contributed by atoms with Crippen molar-refractivity contribution in [2.45, 2.75) is 254 Å². The van der Waals surface area contributed by atoms with E-state index in [2.05, 4.69) is 58.9 Å².